The predicted molar refractivity (Wildman–Crippen MR) is 208 cm³/mol. The summed E-state index contributed by atoms with van der Waals surface area (Å²) in [5.74, 6) is 0. The summed E-state index contributed by atoms with van der Waals surface area (Å²) < 4.78 is 2.48. The van der Waals surface area contributed by atoms with Crippen molar-refractivity contribution in [2.24, 2.45) is 4.99 Å². The van der Waals surface area contributed by atoms with E-state index >= 15 is 0 Å². The van der Waals surface area contributed by atoms with Crippen LogP contribution in [0.1, 0.15) is 60.9 Å². The number of hydrogen-bond acceptors (Lipinski definition) is 1. The summed E-state index contributed by atoms with van der Waals surface area (Å²) in [6.45, 7) is 4.73. The van der Waals surface area contributed by atoms with Crippen molar-refractivity contribution in [1.29, 1.82) is 0 Å². The van der Waals surface area contributed by atoms with Crippen molar-refractivity contribution in [3.63, 3.8) is 0 Å². The second-order valence-electron chi connectivity index (χ2n) is 13.9. The van der Waals surface area contributed by atoms with E-state index in [4.69, 9.17) is 4.99 Å². The lowest BCUT2D eigenvalue weighted by Gasteiger charge is -2.21. The summed E-state index contributed by atoms with van der Waals surface area (Å²) in [4.78, 5) is 5.33. The van der Waals surface area contributed by atoms with Crippen LogP contribution in [0.2, 0.25) is 0 Å². The smallest absolute Gasteiger partial charge is 0.0712 e. The molecule has 0 saturated carbocycles. The maximum atomic E-state index is 5.33. The Kier molecular flexibility index (Phi) is 7.05. The molecule has 7 aromatic rings. The average Bonchev–Trinajstić information content (AvgIpc) is 3.63. The summed E-state index contributed by atoms with van der Waals surface area (Å²) in [5.41, 5.74) is 16.0. The summed E-state index contributed by atoms with van der Waals surface area (Å²) in [6.07, 6.45) is 7.64. The van der Waals surface area contributed by atoms with Crippen LogP contribution in [0.5, 0.6) is 0 Å². The van der Waals surface area contributed by atoms with Gasteiger partial charge in [0.25, 0.3) is 0 Å². The molecule has 0 radical (unpaired) electrons. The zero-order chi connectivity index (χ0) is 33.0. The lowest BCUT2D eigenvalue weighted by molar-refractivity contribution is 0.661. The van der Waals surface area contributed by atoms with Gasteiger partial charge in [0.2, 0.25) is 0 Å². The maximum Gasteiger partial charge on any atom is 0.0712 e. The van der Waals surface area contributed by atoms with Gasteiger partial charge in [-0.05, 0) is 94.6 Å². The summed E-state index contributed by atoms with van der Waals surface area (Å²) >= 11 is 0. The van der Waals surface area contributed by atoms with Gasteiger partial charge in [-0.25, -0.2) is 4.99 Å². The molecule has 0 N–H and O–H groups in total. The first-order valence-corrected chi connectivity index (χ1v) is 17.4. The zero-order valence-corrected chi connectivity index (χ0v) is 28.0. The Labute approximate surface area is 288 Å². The fraction of sp³-hybridized carbons (Fsp3) is 0.128. The van der Waals surface area contributed by atoms with Crippen molar-refractivity contribution < 1.29 is 0 Å². The van der Waals surface area contributed by atoms with Crippen LogP contribution >= 0.6 is 0 Å². The van der Waals surface area contributed by atoms with Crippen LogP contribution in [0.4, 0.5) is 0 Å². The highest BCUT2D eigenvalue weighted by Crippen LogP contribution is 2.51. The standard InChI is InChI=1S/C47H38N2/c1-47(2)41-25-12-10-23-37(41)39-30-40-38-24-11-14-27-45(38)49(46(40)31-42(39)47)36-22-15-21-34(28-36)35-20-9-13-26-43(32-16-5-3-6-17-32)48-44(29-35)33-18-7-4-8-19-33/h3-8,10-12,14-19,21-31H,9,13,20H2,1-2H3/b35-29+,43-26-,48-44-. The Bertz CT molecular complexity index is 2470. The zero-order valence-electron chi connectivity index (χ0n) is 28.0. The third kappa shape index (κ3) is 4.98. The number of rotatable bonds is 4. The van der Waals surface area contributed by atoms with E-state index in [1.165, 1.54) is 60.9 Å². The lowest BCUT2D eigenvalue weighted by atomic mass is 9.82. The van der Waals surface area contributed by atoms with Crippen molar-refractivity contribution in [1.82, 2.24) is 4.57 Å². The minimum atomic E-state index is -0.0642. The van der Waals surface area contributed by atoms with Gasteiger partial charge in [0, 0.05) is 27.4 Å². The Balaban J connectivity index is 1.21. The molecule has 2 aliphatic rings. The number of allylic oxidation sites excluding steroid dienone is 3. The Morgan fingerprint density at radius 3 is 2.12 bits per heavy atom. The summed E-state index contributed by atoms with van der Waals surface area (Å²) in [5, 5.41) is 2.58. The van der Waals surface area contributed by atoms with E-state index in [0.29, 0.717) is 0 Å². The SMILES string of the molecule is CC1(C)c2ccccc2-c2cc3c4ccccc4n(-c4cccc(/C5=C/C(c6ccccc6)=N/C(c6ccccc6)=C\CCC5)c4)c3cc21. The van der Waals surface area contributed by atoms with Crippen LogP contribution in [0.3, 0.4) is 0 Å². The summed E-state index contributed by atoms with van der Waals surface area (Å²) in [6, 6.07) is 53.0. The molecule has 0 atom stereocenters. The Hall–Kier alpha value is -5.73. The number of fused-ring (bicyclic) bond motifs is 6. The molecule has 1 aliphatic carbocycles. The number of para-hydroxylation sites is 1. The van der Waals surface area contributed by atoms with Crippen molar-refractivity contribution in [2.75, 3.05) is 0 Å². The minimum absolute atomic E-state index is 0.0642. The number of benzene rings is 6. The largest absolute Gasteiger partial charge is 0.309 e. The van der Waals surface area contributed by atoms with E-state index in [1.54, 1.807) is 0 Å². The van der Waals surface area contributed by atoms with Crippen LogP contribution in [0.15, 0.2) is 163 Å². The molecule has 2 nitrogen and oxygen atoms in total. The molecule has 0 spiro atoms. The third-order valence-corrected chi connectivity index (χ3v) is 10.5. The average molecular weight is 631 g/mol. The molecule has 2 heteroatoms. The van der Waals surface area contributed by atoms with Crippen molar-refractivity contribution in [2.45, 2.75) is 38.5 Å². The van der Waals surface area contributed by atoms with Gasteiger partial charge in [-0.3, -0.25) is 0 Å². The molecule has 236 valence electrons. The molecule has 1 aromatic heterocycles. The van der Waals surface area contributed by atoms with Crippen molar-refractivity contribution >= 4 is 38.8 Å². The molecule has 0 saturated heterocycles. The van der Waals surface area contributed by atoms with Gasteiger partial charge in [-0.15, -0.1) is 0 Å². The molecule has 0 amide bonds. The molecular weight excluding hydrogens is 593 g/mol. The van der Waals surface area contributed by atoms with Gasteiger partial charge in [0.05, 0.1) is 22.4 Å². The predicted octanol–water partition coefficient (Wildman–Crippen LogP) is 12.2. The second-order valence-corrected chi connectivity index (χ2v) is 13.9. The van der Waals surface area contributed by atoms with Gasteiger partial charge in [-0.2, -0.15) is 0 Å². The normalized spacial score (nSPS) is 18.6. The van der Waals surface area contributed by atoms with Gasteiger partial charge >= 0.3 is 0 Å². The molecule has 49 heavy (non-hydrogen) atoms. The molecule has 9 rings (SSSR count). The molecular formula is C47H38N2. The van der Waals surface area contributed by atoms with E-state index in [1.807, 2.05) is 0 Å². The monoisotopic (exact) mass is 630 g/mol. The number of hydrogen-bond donors (Lipinski definition) is 0. The number of aliphatic imine (C=N–C) groups is 1. The number of nitrogens with zero attached hydrogens (tertiary/aromatic N) is 2. The Morgan fingerprint density at radius 2 is 1.29 bits per heavy atom. The topological polar surface area (TPSA) is 17.3 Å². The first-order valence-electron chi connectivity index (χ1n) is 17.4. The minimum Gasteiger partial charge on any atom is -0.309 e. The molecule has 0 fully saturated rings. The third-order valence-electron chi connectivity index (χ3n) is 10.5. The van der Waals surface area contributed by atoms with Gasteiger partial charge < -0.3 is 4.57 Å². The van der Waals surface area contributed by atoms with E-state index in [0.717, 1.165) is 41.8 Å². The Morgan fingerprint density at radius 1 is 0.571 bits per heavy atom. The van der Waals surface area contributed by atoms with Crippen LogP contribution in [-0.4, -0.2) is 10.3 Å². The highest BCUT2D eigenvalue weighted by molar-refractivity contribution is 6.14. The second kappa shape index (κ2) is 11.8. The molecule has 6 aromatic carbocycles. The van der Waals surface area contributed by atoms with Crippen molar-refractivity contribution in [3.8, 4) is 16.8 Å². The first kappa shape index (κ1) is 29.4. The molecule has 0 unspecified atom stereocenters. The first-order chi connectivity index (χ1) is 24.1. The molecule has 0 bridgehead atoms. The van der Waals surface area contributed by atoms with E-state index in [-0.39, 0.29) is 5.41 Å². The van der Waals surface area contributed by atoms with Gasteiger partial charge in [0.15, 0.2) is 0 Å². The van der Waals surface area contributed by atoms with E-state index < -0.39 is 0 Å². The maximum absolute atomic E-state index is 5.33. The fourth-order valence-corrected chi connectivity index (χ4v) is 8.04. The van der Waals surface area contributed by atoms with Crippen LogP contribution < -0.4 is 0 Å². The van der Waals surface area contributed by atoms with Crippen LogP contribution in [-0.2, 0) is 5.41 Å². The fourth-order valence-electron chi connectivity index (χ4n) is 8.04. The highest BCUT2D eigenvalue weighted by Gasteiger charge is 2.36. The van der Waals surface area contributed by atoms with Crippen LogP contribution in [0, 0.1) is 0 Å². The summed E-state index contributed by atoms with van der Waals surface area (Å²) in [7, 11) is 0. The van der Waals surface area contributed by atoms with Gasteiger partial charge in [0.1, 0.15) is 0 Å². The van der Waals surface area contributed by atoms with Crippen LogP contribution in [0.25, 0.3) is 49.9 Å². The lowest BCUT2D eigenvalue weighted by Crippen LogP contribution is -2.14. The van der Waals surface area contributed by atoms with E-state index in [2.05, 4.69) is 176 Å². The van der Waals surface area contributed by atoms with E-state index in [9.17, 15) is 0 Å². The highest BCUT2D eigenvalue weighted by atomic mass is 15.0. The number of aromatic nitrogens is 1. The molecule has 2 heterocycles. The van der Waals surface area contributed by atoms with Gasteiger partial charge in [-0.1, -0.05) is 135 Å². The van der Waals surface area contributed by atoms with Crippen molar-refractivity contribution in [3.05, 3.63) is 186 Å². The molecule has 1 aliphatic heterocycles. The quantitative estimate of drug-likeness (QED) is 0.184.